The Balaban J connectivity index is 3.42. The van der Waals surface area contributed by atoms with Crippen molar-refractivity contribution in [2.45, 2.75) is 13.3 Å². The molecule has 2 radical (unpaired) electrons. The molecule has 0 aliphatic heterocycles. The van der Waals surface area contributed by atoms with Crippen LogP contribution in [0.2, 0.25) is 0 Å². The zero-order valence-electron chi connectivity index (χ0n) is 4.62. The fraction of sp³-hybridized carbons (Fsp3) is 1.00. The SMILES string of the molecule is [B]S(=O)(=O)OCCC. The quantitative estimate of drug-likeness (QED) is 0.503. The summed E-state index contributed by atoms with van der Waals surface area (Å²) in [5, 5.41) is 0. The summed E-state index contributed by atoms with van der Waals surface area (Å²) < 4.78 is 24.0. The first-order valence-corrected chi connectivity index (χ1v) is 3.70. The van der Waals surface area contributed by atoms with Crippen molar-refractivity contribution in [2.75, 3.05) is 6.61 Å². The summed E-state index contributed by atoms with van der Waals surface area (Å²) in [6.07, 6.45) is 0.649. The lowest BCUT2D eigenvalue weighted by Crippen LogP contribution is -2.04. The second kappa shape index (κ2) is 3.09. The van der Waals surface area contributed by atoms with Gasteiger partial charge in [-0.05, 0) is 6.42 Å². The van der Waals surface area contributed by atoms with Crippen molar-refractivity contribution >= 4 is 17.1 Å². The third-order valence-electron chi connectivity index (χ3n) is 0.452. The van der Waals surface area contributed by atoms with Gasteiger partial charge in [0, 0.05) is 0 Å². The predicted molar refractivity (Wildman–Crippen MR) is 30.9 cm³/mol. The van der Waals surface area contributed by atoms with Gasteiger partial charge in [0.15, 0.2) is 0 Å². The number of rotatable bonds is 3. The molecule has 3 nitrogen and oxygen atoms in total. The molecule has 8 heavy (non-hydrogen) atoms. The van der Waals surface area contributed by atoms with Crippen LogP contribution >= 0.6 is 0 Å². The summed E-state index contributed by atoms with van der Waals surface area (Å²) in [6.45, 7) is 1.96. The standard InChI is InChI=1S/C3H7BO3S/c1-2-3-7-8(4,5)6/h2-3H2,1H3. The van der Waals surface area contributed by atoms with Crippen LogP contribution in [0.25, 0.3) is 0 Å². The predicted octanol–water partition coefficient (Wildman–Crippen LogP) is -0.174. The van der Waals surface area contributed by atoms with Crippen molar-refractivity contribution in [3.05, 3.63) is 0 Å². The second-order valence-corrected chi connectivity index (χ2v) is 2.54. The van der Waals surface area contributed by atoms with Crippen LogP contribution in [0, 0.1) is 0 Å². The van der Waals surface area contributed by atoms with Gasteiger partial charge in [-0.3, -0.25) is 4.18 Å². The molecule has 46 valence electrons. The topological polar surface area (TPSA) is 43.4 Å². The molecule has 0 aliphatic carbocycles. The Kier molecular flexibility index (Phi) is 3.08. The third kappa shape index (κ3) is 5.97. The lowest BCUT2D eigenvalue weighted by molar-refractivity contribution is 0.328. The van der Waals surface area contributed by atoms with Gasteiger partial charge in [0.1, 0.15) is 0 Å². The Hall–Kier alpha value is -0.0251. The molecule has 0 fully saturated rings. The summed E-state index contributed by atoms with van der Waals surface area (Å²) in [4.78, 5) is 0. The summed E-state index contributed by atoms with van der Waals surface area (Å²) in [7, 11) is 0.785. The van der Waals surface area contributed by atoms with E-state index in [9.17, 15) is 8.42 Å². The average molecular weight is 134 g/mol. The van der Waals surface area contributed by atoms with Crippen LogP contribution in [0.5, 0.6) is 0 Å². The molecule has 0 rings (SSSR count). The molecule has 0 aliphatic rings. The summed E-state index contributed by atoms with van der Waals surface area (Å²) in [5.74, 6) is 0. The third-order valence-corrected chi connectivity index (χ3v) is 0.947. The van der Waals surface area contributed by atoms with E-state index in [0.717, 1.165) is 0 Å². The van der Waals surface area contributed by atoms with Crippen LogP contribution < -0.4 is 0 Å². The van der Waals surface area contributed by atoms with Crippen LogP contribution in [-0.4, -0.2) is 22.1 Å². The van der Waals surface area contributed by atoms with E-state index in [1.54, 1.807) is 6.92 Å². The Morgan fingerprint density at radius 1 is 1.62 bits per heavy atom. The Morgan fingerprint density at radius 2 is 2.12 bits per heavy atom. The first-order valence-electron chi connectivity index (χ1n) is 2.23. The van der Waals surface area contributed by atoms with Gasteiger partial charge in [0.25, 0.3) is 7.12 Å². The van der Waals surface area contributed by atoms with Crippen molar-refractivity contribution in [2.24, 2.45) is 0 Å². The van der Waals surface area contributed by atoms with E-state index in [2.05, 4.69) is 11.3 Å². The van der Waals surface area contributed by atoms with Crippen LogP contribution in [0.4, 0.5) is 0 Å². The fourth-order valence-electron chi connectivity index (χ4n) is 0.199. The van der Waals surface area contributed by atoms with Crippen LogP contribution in [0.1, 0.15) is 13.3 Å². The molecule has 0 N–H and O–H groups in total. The minimum atomic E-state index is -3.69. The van der Waals surface area contributed by atoms with Crippen molar-refractivity contribution in [3.63, 3.8) is 0 Å². The maximum atomic E-state index is 9.95. The largest absolute Gasteiger partial charge is 0.295 e. The smallest absolute Gasteiger partial charge is 0.280 e. The van der Waals surface area contributed by atoms with E-state index in [1.165, 1.54) is 0 Å². The van der Waals surface area contributed by atoms with Gasteiger partial charge in [-0.2, -0.15) is 0 Å². The van der Waals surface area contributed by atoms with Gasteiger partial charge in [0.05, 0.1) is 6.61 Å². The van der Waals surface area contributed by atoms with Gasteiger partial charge in [-0.25, -0.2) is 8.42 Å². The van der Waals surface area contributed by atoms with Crippen molar-refractivity contribution < 1.29 is 12.6 Å². The monoisotopic (exact) mass is 134 g/mol. The van der Waals surface area contributed by atoms with Gasteiger partial charge in [-0.1, -0.05) is 6.92 Å². The normalized spacial score (nSPS) is 11.6. The highest BCUT2D eigenvalue weighted by molar-refractivity contribution is 8.08. The summed E-state index contributed by atoms with van der Waals surface area (Å²) in [6, 6.07) is 0. The molecule has 0 aromatic rings. The first kappa shape index (κ1) is 7.97. The maximum Gasteiger partial charge on any atom is 0.295 e. The minimum Gasteiger partial charge on any atom is -0.280 e. The molecule has 0 atom stereocenters. The van der Waals surface area contributed by atoms with Crippen molar-refractivity contribution in [1.29, 1.82) is 0 Å². The minimum absolute atomic E-state index is 0.166. The zero-order valence-corrected chi connectivity index (χ0v) is 5.44. The Labute approximate surface area is 50.5 Å². The van der Waals surface area contributed by atoms with Crippen molar-refractivity contribution in [3.8, 4) is 0 Å². The highest BCUT2D eigenvalue weighted by Crippen LogP contribution is 1.85. The lowest BCUT2D eigenvalue weighted by atomic mass is 10.5. The highest BCUT2D eigenvalue weighted by Gasteiger charge is 1.96. The van der Waals surface area contributed by atoms with Gasteiger partial charge < -0.3 is 0 Å². The molecule has 0 saturated heterocycles. The first-order chi connectivity index (χ1) is 3.56. The Morgan fingerprint density at radius 3 is 2.25 bits per heavy atom. The molecule has 0 saturated carbocycles. The zero-order chi connectivity index (χ0) is 6.62. The number of hydrogen-bond acceptors (Lipinski definition) is 3. The van der Waals surface area contributed by atoms with Gasteiger partial charge >= 0.3 is 0 Å². The molecule has 0 heterocycles. The average Bonchev–Trinajstić information content (AvgIpc) is 1.59. The molecule has 0 bridgehead atoms. The molecule has 0 spiro atoms. The Bertz CT molecular complexity index is 139. The maximum absolute atomic E-state index is 9.95. The van der Waals surface area contributed by atoms with E-state index in [0.29, 0.717) is 6.42 Å². The van der Waals surface area contributed by atoms with E-state index < -0.39 is 9.97 Å². The van der Waals surface area contributed by atoms with E-state index >= 15 is 0 Å². The molecule has 0 aromatic heterocycles. The fourth-order valence-corrected chi connectivity index (χ4v) is 0.598. The van der Waals surface area contributed by atoms with Crippen LogP contribution in [0.15, 0.2) is 0 Å². The molecular formula is C3H7BO3S. The molecule has 5 heteroatoms. The summed E-state index contributed by atoms with van der Waals surface area (Å²) in [5.41, 5.74) is 0. The highest BCUT2D eigenvalue weighted by atomic mass is 32.2. The van der Waals surface area contributed by atoms with E-state index in [1.807, 2.05) is 0 Å². The summed E-state index contributed by atoms with van der Waals surface area (Å²) >= 11 is 0. The van der Waals surface area contributed by atoms with Crippen LogP contribution in [0.3, 0.4) is 0 Å². The molecule has 0 aromatic carbocycles. The molecular weight excluding hydrogens is 127 g/mol. The van der Waals surface area contributed by atoms with Gasteiger partial charge in [-0.15, -0.1) is 0 Å². The van der Waals surface area contributed by atoms with Crippen molar-refractivity contribution in [1.82, 2.24) is 0 Å². The molecule has 0 amide bonds. The molecule has 0 unspecified atom stereocenters. The second-order valence-electron chi connectivity index (χ2n) is 1.31. The van der Waals surface area contributed by atoms with Crippen LogP contribution in [-0.2, 0) is 14.2 Å². The lowest BCUT2D eigenvalue weighted by Gasteiger charge is -1.95. The van der Waals surface area contributed by atoms with Gasteiger partial charge in [0.2, 0.25) is 9.97 Å². The van der Waals surface area contributed by atoms with E-state index in [4.69, 9.17) is 0 Å². The van der Waals surface area contributed by atoms with E-state index in [-0.39, 0.29) is 6.61 Å². The number of hydrogen-bond donors (Lipinski definition) is 0.